The van der Waals surface area contributed by atoms with Gasteiger partial charge in [-0.1, -0.05) is 13.8 Å². The van der Waals surface area contributed by atoms with Crippen molar-refractivity contribution in [1.82, 2.24) is 10.2 Å². The van der Waals surface area contributed by atoms with Crippen LogP contribution in [0, 0.1) is 5.92 Å². The van der Waals surface area contributed by atoms with Gasteiger partial charge in [0, 0.05) is 6.04 Å². The highest BCUT2D eigenvalue weighted by Crippen LogP contribution is 2.15. The number of carbonyl (C=O) groups excluding carboxylic acids is 1. The predicted molar refractivity (Wildman–Crippen MR) is 64.7 cm³/mol. The molecule has 0 bridgehead atoms. The number of nitrogens with one attached hydrogen (secondary N) is 1. The van der Waals surface area contributed by atoms with Crippen molar-refractivity contribution in [3.63, 3.8) is 0 Å². The number of nitrogens with zero attached hydrogens (tertiary/aromatic N) is 1. The van der Waals surface area contributed by atoms with Crippen LogP contribution >= 0.6 is 0 Å². The molecule has 1 aliphatic rings. The fraction of sp³-hybridized carbons (Fsp3) is 0.833. The lowest BCUT2D eigenvalue weighted by Gasteiger charge is -2.23. The third-order valence-electron chi connectivity index (χ3n) is 3.29. The molecule has 0 aromatic carbocycles. The topological polar surface area (TPSA) is 69.6 Å². The molecule has 1 heterocycles. The molecule has 0 spiro atoms. The molecule has 1 fully saturated rings. The molecule has 5 nitrogen and oxygen atoms in total. The molecule has 2 atom stereocenters. The van der Waals surface area contributed by atoms with Gasteiger partial charge in [0.05, 0.1) is 6.54 Å². The zero-order valence-electron chi connectivity index (χ0n) is 10.8. The number of aliphatic carboxylic acids is 1. The van der Waals surface area contributed by atoms with Gasteiger partial charge in [-0.25, -0.2) is 4.79 Å². The van der Waals surface area contributed by atoms with Crippen LogP contribution in [0.4, 0.5) is 0 Å². The number of hydrogen-bond acceptors (Lipinski definition) is 3. The van der Waals surface area contributed by atoms with Crippen molar-refractivity contribution in [2.75, 3.05) is 13.1 Å². The normalized spacial score (nSPS) is 22.7. The summed E-state index contributed by atoms with van der Waals surface area (Å²) < 4.78 is 0. The van der Waals surface area contributed by atoms with E-state index >= 15 is 0 Å². The Bertz CT molecular complexity index is 291. The minimum Gasteiger partial charge on any atom is -0.480 e. The lowest BCUT2D eigenvalue weighted by atomic mass is 10.0. The van der Waals surface area contributed by atoms with Crippen LogP contribution in [0.5, 0.6) is 0 Å². The van der Waals surface area contributed by atoms with E-state index in [1.807, 2.05) is 0 Å². The molecule has 0 aliphatic carbocycles. The van der Waals surface area contributed by atoms with Gasteiger partial charge in [0.15, 0.2) is 0 Å². The van der Waals surface area contributed by atoms with Crippen LogP contribution in [0.15, 0.2) is 0 Å². The molecule has 1 aliphatic heterocycles. The van der Waals surface area contributed by atoms with Crippen molar-refractivity contribution < 1.29 is 14.7 Å². The Balaban J connectivity index is 2.45. The summed E-state index contributed by atoms with van der Waals surface area (Å²) in [6.45, 7) is 6.90. The number of hydrogen-bond donors (Lipinski definition) is 2. The van der Waals surface area contributed by atoms with Crippen LogP contribution in [0.25, 0.3) is 0 Å². The second kappa shape index (κ2) is 6.00. The van der Waals surface area contributed by atoms with Crippen LogP contribution in [-0.4, -0.2) is 47.1 Å². The van der Waals surface area contributed by atoms with E-state index in [1.54, 1.807) is 13.8 Å². The third-order valence-corrected chi connectivity index (χ3v) is 3.29. The molecule has 0 radical (unpaired) electrons. The summed E-state index contributed by atoms with van der Waals surface area (Å²) in [5.41, 5.74) is 0. The van der Waals surface area contributed by atoms with Gasteiger partial charge in [-0.05, 0) is 32.2 Å². The number of likely N-dealkylation sites (tertiary alicyclic amines) is 1. The molecular weight excluding hydrogens is 220 g/mol. The maximum absolute atomic E-state index is 11.7. The third kappa shape index (κ3) is 4.00. The molecular formula is C12H22N2O3. The largest absolute Gasteiger partial charge is 0.480 e. The number of carboxylic acids is 1. The first-order chi connectivity index (χ1) is 7.91. The first-order valence-electron chi connectivity index (χ1n) is 6.18. The van der Waals surface area contributed by atoms with Crippen molar-refractivity contribution in [1.29, 1.82) is 0 Å². The summed E-state index contributed by atoms with van der Waals surface area (Å²) in [7, 11) is 0. The summed E-state index contributed by atoms with van der Waals surface area (Å²) in [5.74, 6) is -1.27. The van der Waals surface area contributed by atoms with Crippen LogP contribution in [0.3, 0.4) is 0 Å². The molecule has 2 N–H and O–H groups in total. The molecule has 98 valence electrons. The van der Waals surface area contributed by atoms with Crippen LogP contribution in [0.2, 0.25) is 0 Å². The van der Waals surface area contributed by atoms with Crippen molar-refractivity contribution in [2.24, 2.45) is 5.92 Å². The first-order valence-corrected chi connectivity index (χ1v) is 6.18. The van der Waals surface area contributed by atoms with E-state index in [-0.39, 0.29) is 11.8 Å². The maximum atomic E-state index is 11.7. The molecule has 5 heteroatoms. The highest BCUT2D eigenvalue weighted by molar-refractivity contribution is 5.84. The molecule has 1 rings (SSSR count). The van der Waals surface area contributed by atoms with Gasteiger partial charge in [0.1, 0.15) is 6.04 Å². The summed E-state index contributed by atoms with van der Waals surface area (Å²) in [6.07, 6.45) is 2.22. The molecule has 17 heavy (non-hydrogen) atoms. The minimum atomic E-state index is -0.970. The van der Waals surface area contributed by atoms with Gasteiger partial charge in [-0.3, -0.25) is 9.69 Å². The van der Waals surface area contributed by atoms with Crippen molar-refractivity contribution >= 4 is 11.9 Å². The van der Waals surface area contributed by atoms with E-state index in [9.17, 15) is 9.59 Å². The quantitative estimate of drug-likeness (QED) is 0.744. The Morgan fingerprint density at radius 1 is 1.47 bits per heavy atom. The zero-order valence-corrected chi connectivity index (χ0v) is 10.8. The van der Waals surface area contributed by atoms with E-state index < -0.39 is 12.0 Å². The summed E-state index contributed by atoms with van der Waals surface area (Å²) in [4.78, 5) is 24.8. The minimum absolute atomic E-state index is 0.104. The standard InChI is InChI=1S/C12H22N2O3/c1-8(2)11(12(16)17)13-10(15)7-14-6-4-5-9(14)3/h8-9,11H,4-7H2,1-3H3,(H,13,15)(H,16,17)/t9-,11+/m1/s1. The Kier molecular flexibility index (Phi) is 4.93. The number of amides is 1. The summed E-state index contributed by atoms with van der Waals surface area (Å²) in [6, 6.07) is -0.372. The zero-order chi connectivity index (χ0) is 13.0. The second-order valence-electron chi connectivity index (χ2n) is 5.09. The lowest BCUT2D eigenvalue weighted by molar-refractivity contribution is -0.143. The molecule has 1 saturated heterocycles. The number of rotatable bonds is 5. The molecule has 1 amide bonds. The Morgan fingerprint density at radius 3 is 2.53 bits per heavy atom. The average Bonchev–Trinajstić information content (AvgIpc) is 2.60. The van der Waals surface area contributed by atoms with E-state index in [1.165, 1.54) is 0 Å². The van der Waals surface area contributed by atoms with E-state index in [2.05, 4.69) is 17.1 Å². The molecule has 0 saturated carbocycles. The smallest absolute Gasteiger partial charge is 0.326 e. The summed E-state index contributed by atoms with van der Waals surface area (Å²) in [5, 5.41) is 11.6. The van der Waals surface area contributed by atoms with Gasteiger partial charge in [0.2, 0.25) is 5.91 Å². The average molecular weight is 242 g/mol. The van der Waals surface area contributed by atoms with E-state index in [0.717, 1.165) is 19.4 Å². The van der Waals surface area contributed by atoms with Gasteiger partial charge in [0.25, 0.3) is 0 Å². The fourth-order valence-electron chi connectivity index (χ4n) is 2.14. The van der Waals surface area contributed by atoms with Crippen molar-refractivity contribution in [3.05, 3.63) is 0 Å². The van der Waals surface area contributed by atoms with Crippen LogP contribution in [-0.2, 0) is 9.59 Å². The SMILES string of the molecule is CC(C)[C@H](NC(=O)CN1CCC[C@H]1C)C(=O)O. The lowest BCUT2D eigenvalue weighted by Crippen LogP contribution is -2.48. The van der Waals surface area contributed by atoms with Gasteiger partial charge in [-0.15, -0.1) is 0 Å². The first kappa shape index (κ1) is 14.0. The monoisotopic (exact) mass is 242 g/mol. The highest BCUT2D eigenvalue weighted by atomic mass is 16.4. The fourth-order valence-corrected chi connectivity index (χ4v) is 2.14. The molecule has 0 aromatic rings. The Morgan fingerprint density at radius 2 is 2.12 bits per heavy atom. The highest BCUT2D eigenvalue weighted by Gasteiger charge is 2.26. The Hall–Kier alpha value is -1.10. The van der Waals surface area contributed by atoms with E-state index in [0.29, 0.717) is 12.6 Å². The van der Waals surface area contributed by atoms with Gasteiger partial charge in [-0.2, -0.15) is 0 Å². The Labute approximate surface area is 102 Å². The van der Waals surface area contributed by atoms with Crippen molar-refractivity contribution in [3.8, 4) is 0 Å². The van der Waals surface area contributed by atoms with Gasteiger partial charge >= 0.3 is 5.97 Å². The van der Waals surface area contributed by atoms with Crippen molar-refractivity contribution in [2.45, 2.75) is 45.7 Å². The number of carbonyl (C=O) groups is 2. The second-order valence-corrected chi connectivity index (χ2v) is 5.09. The maximum Gasteiger partial charge on any atom is 0.326 e. The molecule has 0 unspecified atom stereocenters. The summed E-state index contributed by atoms with van der Waals surface area (Å²) >= 11 is 0. The van der Waals surface area contributed by atoms with Gasteiger partial charge < -0.3 is 10.4 Å². The molecule has 0 aromatic heterocycles. The van der Waals surface area contributed by atoms with Crippen LogP contribution in [0.1, 0.15) is 33.6 Å². The van der Waals surface area contributed by atoms with Crippen LogP contribution < -0.4 is 5.32 Å². The number of carboxylic acid groups (broad SMARTS) is 1. The van der Waals surface area contributed by atoms with E-state index in [4.69, 9.17) is 5.11 Å². The predicted octanol–water partition coefficient (Wildman–Crippen LogP) is 0.696.